The second-order valence-electron chi connectivity index (χ2n) is 7.69. The molecule has 4 heteroatoms. The number of carbonyl (C=O) groups is 1. The van der Waals surface area contributed by atoms with Crippen molar-refractivity contribution in [3.05, 3.63) is 59.2 Å². The Hall–Kier alpha value is -2.49. The van der Waals surface area contributed by atoms with Crippen LogP contribution >= 0.6 is 0 Å². The first-order valence-electron chi connectivity index (χ1n) is 9.07. The Balaban J connectivity index is 1.76. The number of rotatable bonds is 4. The number of aryl methyl sites for hydroxylation is 2. The van der Waals surface area contributed by atoms with Crippen molar-refractivity contribution in [1.82, 2.24) is 5.32 Å². The molecule has 1 heterocycles. The van der Waals surface area contributed by atoms with Gasteiger partial charge >= 0.3 is 0 Å². The van der Waals surface area contributed by atoms with E-state index in [9.17, 15) is 4.79 Å². The SMILES string of the molecule is Cc1ccc2c(c1)[C@H](NC(=O)[C@@H](C)Oc1ccccc1C)CC(C)(C)O2. The second-order valence-corrected chi connectivity index (χ2v) is 7.69. The van der Waals surface area contributed by atoms with Crippen LogP contribution in [0.2, 0.25) is 0 Å². The molecule has 0 spiro atoms. The van der Waals surface area contributed by atoms with Gasteiger partial charge in [0.05, 0.1) is 6.04 Å². The number of nitrogens with one attached hydrogen (secondary N) is 1. The van der Waals surface area contributed by atoms with Crippen LogP contribution in [0.4, 0.5) is 0 Å². The summed E-state index contributed by atoms with van der Waals surface area (Å²) in [6.07, 6.45) is 0.141. The Morgan fingerprint density at radius 3 is 2.69 bits per heavy atom. The zero-order chi connectivity index (χ0) is 18.9. The standard InChI is InChI=1S/C22H27NO3/c1-14-10-11-20-17(12-14)18(13-22(4,5)26-20)23-21(24)16(3)25-19-9-7-6-8-15(19)2/h6-12,16,18H,13H2,1-5H3,(H,23,24)/t16-,18-/m1/s1. The van der Waals surface area contributed by atoms with Crippen molar-refractivity contribution in [3.8, 4) is 11.5 Å². The Bertz CT molecular complexity index is 813. The van der Waals surface area contributed by atoms with Crippen LogP contribution in [-0.4, -0.2) is 17.6 Å². The Morgan fingerprint density at radius 2 is 1.96 bits per heavy atom. The molecule has 0 saturated heterocycles. The minimum Gasteiger partial charge on any atom is -0.487 e. The van der Waals surface area contributed by atoms with Crippen LogP contribution in [-0.2, 0) is 4.79 Å². The van der Waals surface area contributed by atoms with Gasteiger partial charge in [-0.2, -0.15) is 0 Å². The van der Waals surface area contributed by atoms with Crippen molar-refractivity contribution < 1.29 is 14.3 Å². The summed E-state index contributed by atoms with van der Waals surface area (Å²) in [6.45, 7) is 9.89. The molecule has 0 fully saturated rings. The summed E-state index contributed by atoms with van der Waals surface area (Å²) in [5, 5.41) is 3.15. The fourth-order valence-electron chi connectivity index (χ4n) is 3.32. The molecule has 2 aromatic rings. The minimum atomic E-state index is -0.574. The lowest BCUT2D eigenvalue weighted by Crippen LogP contribution is -2.44. The predicted octanol–water partition coefficient (Wildman–Crippen LogP) is 4.49. The van der Waals surface area contributed by atoms with Gasteiger partial charge in [0.1, 0.15) is 17.1 Å². The topological polar surface area (TPSA) is 47.6 Å². The first kappa shape index (κ1) is 18.3. The predicted molar refractivity (Wildman–Crippen MR) is 103 cm³/mol. The fraction of sp³-hybridized carbons (Fsp3) is 0.409. The molecule has 1 N–H and O–H groups in total. The molecule has 1 aliphatic rings. The summed E-state index contributed by atoms with van der Waals surface area (Å²) in [5.41, 5.74) is 2.86. The Kier molecular flexibility index (Phi) is 4.94. The van der Waals surface area contributed by atoms with Crippen LogP contribution in [0.3, 0.4) is 0 Å². The molecule has 1 amide bonds. The van der Waals surface area contributed by atoms with E-state index in [1.54, 1.807) is 6.92 Å². The normalized spacial score (nSPS) is 19.0. The molecule has 26 heavy (non-hydrogen) atoms. The van der Waals surface area contributed by atoms with Crippen molar-refractivity contribution in [1.29, 1.82) is 0 Å². The largest absolute Gasteiger partial charge is 0.487 e. The highest BCUT2D eigenvalue weighted by atomic mass is 16.5. The fourth-order valence-corrected chi connectivity index (χ4v) is 3.32. The summed E-state index contributed by atoms with van der Waals surface area (Å²) >= 11 is 0. The van der Waals surface area contributed by atoms with E-state index in [1.165, 1.54) is 0 Å². The number of hydrogen-bond acceptors (Lipinski definition) is 3. The maximum Gasteiger partial charge on any atom is 0.261 e. The highest BCUT2D eigenvalue weighted by Crippen LogP contribution is 2.39. The smallest absolute Gasteiger partial charge is 0.261 e. The van der Waals surface area contributed by atoms with Crippen LogP contribution in [0.25, 0.3) is 0 Å². The molecule has 0 radical (unpaired) electrons. The summed E-state index contributed by atoms with van der Waals surface area (Å²) in [7, 11) is 0. The number of para-hydroxylation sites is 1. The number of ether oxygens (including phenoxy) is 2. The first-order chi connectivity index (χ1) is 12.2. The van der Waals surface area contributed by atoms with Gasteiger partial charge in [0, 0.05) is 12.0 Å². The van der Waals surface area contributed by atoms with E-state index in [2.05, 4.69) is 11.4 Å². The maximum absolute atomic E-state index is 12.8. The molecular weight excluding hydrogens is 326 g/mol. The highest BCUT2D eigenvalue weighted by Gasteiger charge is 2.35. The number of hydrogen-bond donors (Lipinski definition) is 1. The Morgan fingerprint density at radius 1 is 1.23 bits per heavy atom. The lowest BCUT2D eigenvalue weighted by Gasteiger charge is -2.38. The average Bonchev–Trinajstić information content (AvgIpc) is 2.57. The molecule has 0 saturated carbocycles. The van der Waals surface area contributed by atoms with E-state index < -0.39 is 6.10 Å². The molecule has 0 aliphatic carbocycles. The lowest BCUT2D eigenvalue weighted by atomic mass is 9.89. The van der Waals surface area contributed by atoms with Gasteiger partial charge in [0.25, 0.3) is 5.91 Å². The molecule has 0 aromatic heterocycles. The summed E-state index contributed by atoms with van der Waals surface area (Å²) in [6, 6.07) is 13.7. The molecule has 4 nitrogen and oxygen atoms in total. The number of benzene rings is 2. The monoisotopic (exact) mass is 353 g/mol. The van der Waals surface area contributed by atoms with Gasteiger partial charge in [-0.1, -0.05) is 35.9 Å². The van der Waals surface area contributed by atoms with E-state index in [0.29, 0.717) is 6.42 Å². The lowest BCUT2D eigenvalue weighted by molar-refractivity contribution is -0.128. The van der Waals surface area contributed by atoms with Crippen LogP contribution < -0.4 is 14.8 Å². The van der Waals surface area contributed by atoms with Gasteiger partial charge in [-0.05, 0) is 52.3 Å². The summed E-state index contributed by atoms with van der Waals surface area (Å²) in [4.78, 5) is 12.8. The van der Waals surface area contributed by atoms with Crippen LogP contribution in [0.15, 0.2) is 42.5 Å². The van der Waals surface area contributed by atoms with E-state index in [4.69, 9.17) is 9.47 Å². The van der Waals surface area contributed by atoms with Crippen molar-refractivity contribution in [2.24, 2.45) is 0 Å². The molecular formula is C22H27NO3. The quantitative estimate of drug-likeness (QED) is 0.881. The van der Waals surface area contributed by atoms with Crippen LogP contribution in [0.1, 0.15) is 49.9 Å². The van der Waals surface area contributed by atoms with E-state index >= 15 is 0 Å². The van der Waals surface area contributed by atoms with Gasteiger partial charge in [-0.3, -0.25) is 4.79 Å². The third kappa shape index (κ3) is 4.01. The number of carbonyl (C=O) groups excluding carboxylic acids is 1. The molecule has 3 rings (SSSR count). The Labute approximate surface area is 155 Å². The van der Waals surface area contributed by atoms with Crippen molar-refractivity contribution in [2.75, 3.05) is 0 Å². The molecule has 2 atom stereocenters. The molecule has 1 aliphatic heterocycles. The van der Waals surface area contributed by atoms with Gasteiger partial charge in [0.2, 0.25) is 0 Å². The number of fused-ring (bicyclic) bond motifs is 1. The van der Waals surface area contributed by atoms with Gasteiger partial charge in [0.15, 0.2) is 6.10 Å². The third-order valence-electron chi connectivity index (χ3n) is 4.71. The van der Waals surface area contributed by atoms with E-state index in [1.807, 2.05) is 64.1 Å². The highest BCUT2D eigenvalue weighted by molar-refractivity contribution is 5.81. The maximum atomic E-state index is 12.8. The van der Waals surface area contributed by atoms with Crippen LogP contribution in [0.5, 0.6) is 11.5 Å². The molecule has 0 unspecified atom stereocenters. The van der Waals surface area contributed by atoms with Crippen molar-refractivity contribution >= 4 is 5.91 Å². The minimum absolute atomic E-state index is 0.0935. The summed E-state index contributed by atoms with van der Waals surface area (Å²) in [5.74, 6) is 1.45. The third-order valence-corrected chi connectivity index (χ3v) is 4.71. The molecule has 2 aromatic carbocycles. The number of amides is 1. The molecule has 0 bridgehead atoms. The van der Waals surface area contributed by atoms with Gasteiger partial charge in [-0.25, -0.2) is 0 Å². The summed E-state index contributed by atoms with van der Waals surface area (Å²) < 4.78 is 11.9. The average molecular weight is 353 g/mol. The van der Waals surface area contributed by atoms with Crippen LogP contribution in [0, 0.1) is 13.8 Å². The van der Waals surface area contributed by atoms with Gasteiger partial charge < -0.3 is 14.8 Å². The van der Waals surface area contributed by atoms with Crippen molar-refractivity contribution in [3.63, 3.8) is 0 Å². The van der Waals surface area contributed by atoms with Crippen molar-refractivity contribution in [2.45, 2.75) is 58.8 Å². The zero-order valence-corrected chi connectivity index (χ0v) is 16.1. The second kappa shape index (κ2) is 7.02. The first-order valence-corrected chi connectivity index (χ1v) is 9.07. The van der Waals surface area contributed by atoms with Gasteiger partial charge in [-0.15, -0.1) is 0 Å². The van der Waals surface area contributed by atoms with E-state index in [-0.39, 0.29) is 17.6 Å². The van der Waals surface area contributed by atoms with E-state index in [0.717, 1.165) is 28.2 Å². The molecule has 138 valence electrons. The zero-order valence-electron chi connectivity index (χ0n) is 16.1.